The number of nitriles is 1. The van der Waals surface area contributed by atoms with Crippen molar-refractivity contribution in [2.24, 2.45) is 0 Å². The molecule has 1 aliphatic heterocycles. The number of carbonyl (C=O) groups is 2. The molecule has 0 aliphatic carbocycles. The third-order valence-corrected chi connectivity index (χ3v) is 2.38. The first-order valence-corrected chi connectivity index (χ1v) is 4.83. The molecule has 7 nitrogen and oxygen atoms in total. The van der Waals surface area contributed by atoms with Crippen molar-refractivity contribution in [3.05, 3.63) is 0 Å². The number of aliphatic hydroxyl groups is 1. The van der Waals surface area contributed by atoms with Crippen LogP contribution in [0.25, 0.3) is 0 Å². The first kappa shape index (κ1) is 12.4. The van der Waals surface area contributed by atoms with Gasteiger partial charge in [0, 0.05) is 13.0 Å². The van der Waals surface area contributed by atoms with E-state index in [0.717, 1.165) is 0 Å². The first-order chi connectivity index (χ1) is 7.54. The minimum atomic E-state index is -1.05. The number of nitrogens with zero attached hydrogens (tertiary/aromatic N) is 2. The third kappa shape index (κ3) is 3.18. The molecule has 1 rings (SSSR count). The Morgan fingerprint density at radius 1 is 1.56 bits per heavy atom. The van der Waals surface area contributed by atoms with Crippen LogP contribution in [-0.2, 0) is 9.59 Å². The van der Waals surface area contributed by atoms with Crippen LogP contribution in [0.5, 0.6) is 0 Å². The first-order valence-electron chi connectivity index (χ1n) is 4.83. The van der Waals surface area contributed by atoms with Gasteiger partial charge in [0.05, 0.1) is 18.7 Å². The second kappa shape index (κ2) is 5.44. The summed E-state index contributed by atoms with van der Waals surface area (Å²) in [5, 5.41) is 28.7. The summed E-state index contributed by atoms with van der Waals surface area (Å²) in [5.74, 6) is -1.47. The molecule has 1 amide bonds. The van der Waals surface area contributed by atoms with Crippen LogP contribution in [0.2, 0.25) is 0 Å². The molecule has 0 radical (unpaired) electrons. The van der Waals surface area contributed by atoms with Crippen molar-refractivity contribution in [2.45, 2.75) is 18.6 Å². The topological polar surface area (TPSA) is 114 Å². The zero-order valence-corrected chi connectivity index (χ0v) is 8.59. The van der Waals surface area contributed by atoms with Gasteiger partial charge in [0.2, 0.25) is 5.91 Å². The van der Waals surface area contributed by atoms with E-state index >= 15 is 0 Å². The number of carboxylic acids is 1. The molecule has 0 saturated carbocycles. The van der Waals surface area contributed by atoms with E-state index in [-0.39, 0.29) is 26.1 Å². The summed E-state index contributed by atoms with van der Waals surface area (Å²) in [4.78, 5) is 23.5. The van der Waals surface area contributed by atoms with E-state index in [0.29, 0.717) is 0 Å². The van der Waals surface area contributed by atoms with Crippen LogP contribution in [0.3, 0.4) is 0 Å². The van der Waals surface area contributed by atoms with Crippen molar-refractivity contribution in [3.63, 3.8) is 0 Å². The monoisotopic (exact) mass is 227 g/mol. The molecular formula is C9H13N3O4. The molecule has 0 aromatic carbocycles. The quantitative estimate of drug-likeness (QED) is 0.486. The smallest absolute Gasteiger partial charge is 0.321 e. The van der Waals surface area contributed by atoms with Crippen LogP contribution < -0.4 is 5.32 Å². The lowest BCUT2D eigenvalue weighted by atomic mass is 10.2. The fourth-order valence-corrected chi connectivity index (χ4v) is 1.69. The predicted molar refractivity (Wildman–Crippen MR) is 52.2 cm³/mol. The van der Waals surface area contributed by atoms with E-state index in [4.69, 9.17) is 10.4 Å². The Kier molecular flexibility index (Phi) is 4.22. The summed E-state index contributed by atoms with van der Waals surface area (Å²) < 4.78 is 0. The van der Waals surface area contributed by atoms with Gasteiger partial charge in [0.15, 0.2) is 0 Å². The van der Waals surface area contributed by atoms with Crippen molar-refractivity contribution >= 4 is 11.9 Å². The van der Waals surface area contributed by atoms with Crippen molar-refractivity contribution in [1.29, 1.82) is 5.26 Å². The molecule has 0 bridgehead atoms. The van der Waals surface area contributed by atoms with Crippen molar-refractivity contribution in [2.75, 3.05) is 19.6 Å². The Hall–Kier alpha value is -1.65. The highest BCUT2D eigenvalue weighted by molar-refractivity contribution is 5.80. The molecule has 88 valence electrons. The number of carbonyl (C=O) groups excluding carboxylic acids is 1. The van der Waals surface area contributed by atoms with E-state index in [1.807, 2.05) is 0 Å². The molecule has 0 spiro atoms. The molecule has 0 aromatic heterocycles. The summed E-state index contributed by atoms with van der Waals surface area (Å²) in [6, 6.07) is 0.919. The molecule has 7 heteroatoms. The van der Waals surface area contributed by atoms with Crippen LogP contribution in [0.4, 0.5) is 0 Å². The molecule has 1 aliphatic rings. The highest BCUT2D eigenvalue weighted by Gasteiger charge is 2.36. The van der Waals surface area contributed by atoms with Gasteiger partial charge in [-0.3, -0.25) is 14.5 Å². The highest BCUT2D eigenvalue weighted by atomic mass is 16.4. The van der Waals surface area contributed by atoms with Gasteiger partial charge in [0.25, 0.3) is 0 Å². The highest BCUT2D eigenvalue weighted by Crippen LogP contribution is 2.17. The number of aliphatic hydroxyl groups excluding tert-OH is 1. The maximum absolute atomic E-state index is 11.3. The zero-order chi connectivity index (χ0) is 12.1. The second-order valence-corrected chi connectivity index (χ2v) is 3.61. The number of hydrogen-bond acceptors (Lipinski definition) is 5. The van der Waals surface area contributed by atoms with Crippen molar-refractivity contribution < 1.29 is 19.8 Å². The average Bonchev–Trinajstić information content (AvgIpc) is 2.56. The minimum Gasteiger partial charge on any atom is -0.480 e. The van der Waals surface area contributed by atoms with Gasteiger partial charge in [-0.25, -0.2) is 0 Å². The van der Waals surface area contributed by atoms with Gasteiger partial charge in [0.1, 0.15) is 12.6 Å². The number of β-amino-alcohol motifs (C(OH)–C–C–N with tert-alkyl or cyclic N) is 1. The van der Waals surface area contributed by atoms with Gasteiger partial charge in [-0.2, -0.15) is 5.26 Å². The van der Waals surface area contributed by atoms with Crippen LogP contribution in [-0.4, -0.2) is 58.8 Å². The number of rotatable bonds is 4. The maximum atomic E-state index is 11.3. The molecule has 3 N–H and O–H groups in total. The van der Waals surface area contributed by atoms with Gasteiger partial charge in [-0.1, -0.05) is 0 Å². The number of hydrogen-bond donors (Lipinski definition) is 3. The second-order valence-electron chi connectivity index (χ2n) is 3.61. The minimum absolute atomic E-state index is 0.104. The van der Waals surface area contributed by atoms with E-state index in [9.17, 15) is 14.7 Å². The summed E-state index contributed by atoms with van der Waals surface area (Å²) in [6.07, 6.45) is -0.592. The largest absolute Gasteiger partial charge is 0.480 e. The van der Waals surface area contributed by atoms with Crippen LogP contribution >= 0.6 is 0 Å². The average molecular weight is 227 g/mol. The standard InChI is InChI=1S/C9H13N3O4/c10-1-2-11-8(14)5-12-4-6(13)3-7(12)9(15)16/h6-7,13H,2-5H2,(H,11,14)(H,15,16). The Balaban J connectivity index is 2.49. The Morgan fingerprint density at radius 3 is 2.81 bits per heavy atom. The van der Waals surface area contributed by atoms with Gasteiger partial charge in [-0.15, -0.1) is 0 Å². The van der Waals surface area contributed by atoms with Crippen LogP contribution in [0, 0.1) is 11.3 Å². The molecule has 1 heterocycles. The van der Waals surface area contributed by atoms with Crippen LogP contribution in [0.15, 0.2) is 0 Å². The normalized spacial score (nSPS) is 25.0. The number of aliphatic carboxylic acids is 1. The molecule has 0 aromatic rings. The van der Waals surface area contributed by atoms with E-state index in [1.54, 1.807) is 6.07 Å². The fraction of sp³-hybridized carbons (Fsp3) is 0.667. The van der Waals surface area contributed by atoms with E-state index < -0.39 is 24.0 Å². The van der Waals surface area contributed by atoms with Gasteiger partial charge >= 0.3 is 5.97 Å². The number of carboxylic acid groups (broad SMARTS) is 1. The van der Waals surface area contributed by atoms with Gasteiger partial charge < -0.3 is 15.5 Å². The Labute approximate surface area is 92.3 Å². The summed E-state index contributed by atoms with van der Waals surface area (Å²) >= 11 is 0. The molecule has 2 unspecified atom stereocenters. The molecule has 16 heavy (non-hydrogen) atoms. The Morgan fingerprint density at radius 2 is 2.25 bits per heavy atom. The molecule has 1 fully saturated rings. The SMILES string of the molecule is N#CCNC(=O)CN1CC(O)CC1C(=O)O. The lowest BCUT2D eigenvalue weighted by Crippen LogP contribution is -2.43. The molecule has 1 saturated heterocycles. The number of likely N-dealkylation sites (tertiary alicyclic amines) is 1. The van der Waals surface area contributed by atoms with Crippen molar-refractivity contribution in [1.82, 2.24) is 10.2 Å². The Bertz CT molecular complexity index is 325. The third-order valence-electron chi connectivity index (χ3n) is 2.38. The summed E-state index contributed by atoms with van der Waals surface area (Å²) in [6.45, 7) is -0.0559. The number of amides is 1. The lowest BCUT2D eigenvalue weighted by Gasteiger charge is -2.19. The predicted octanol–water partition coefficient (Wildman–Crippen LogP) is -1.85. The molecule has 2 atom stereocenters. The lowest BCUT2D eigenvalue weighted by molar-refractivity contribution is -0.142. The summed E-state index contributed by atoms with van der Waals surface area (Å²) in [7, 11) is 0. The zero-order valence-electron chi connectivity index (χ0n) is 8.59. The summed E-state index contributed by atoms with van der Waals surface area (Å²) in [5.41, 5.74) is 0. The van der Waals surface area contributed by atoms with E-state index in [2.05, 4.69) is 5.32 Å². The maximum Gasteiger partial charge on any atom is 0.321 e. The van der Waals surface area contributed by atoms with E-state index in [1.165, 1.54) is 4.90 Å². The molecular weight excluding hydrogens is 214 g/mol. The number of nitrogens with one attached hydrogen (secondary N) is 1. The van der Waals surface area contributed by atoms with Crippen LogP contribution in [0.1, 0.15) is 6.42 Å². The van der Waals surface area contributed by atoms with Crippen molar-refractivity contribution in [3.8, 4) is 6.07 Å². The van der Waals surface area contributed by atoms with Gasteiger partial charge in [-0.05, 0) is 0 Å². The fourth-order valence-electron chi connectivity index (χ4n) is 1.69.